The van der Waals surface area contributed by atoms with Gasteiger partial charge in [-0.15, -0.1) is 24.0 Å². The Balaban J connectivity index is 0.00000676. The maximum atomic E-state index is 5.56. The fraction of sp³-hybridized carbons (Fsp3) is 0.650. The van der Waals surface area contributed by atoms with Gasteiger partial charge in [0, 0.05) is 19.7 Å². The van der Waals surface area contributed by atoms with E-state index < -0.39 is 0 Å². The molecule has 0 fully saturated rings. The summed E-state index contributed by atoms with van der Waals surface area (Å²) in [5, 5.41) is 6.53. The maximum Gasteiger partial charge on any atom is 0.191 e. The molecule has 27 heavy (non-hydrogen) atoms. The number of unbranched alkanes of at least 4 members (excludes halogenated alkanes) is 1. The molecule has 0 aliphatic carbocycles. The number of rotatable bonds is 14. The Morgan fingerprint density at radius 2 is 1.78 bits per heavy atom. The van der Waals surface area contributed by atoms with Crippen LogP contribution in [0.15, 0.2) is 29.3 Å². The average Bonchev–Trinajstić information content (AvgIpc) is 2.65. The van der Waals surface area contributed by atoms with E-state index >= 15 is 0 Å². The molecule has 0 aliphatic rings. The molecular weight excluding hydrogens is 457 g/mol. The van der Waals surface area contributed by atoms with Gasteiger partial charge in [0.2, 0.25) is 0 Å². The minimum Gasteiger partial charge on any atom is -0.494 e. The number of hydrogen-bond donors (Lipinski definition) is 2. The van der Waals surface area contributed by atoms with Gasteiger partial charge >= 0.3 is 0 Å². The van der Waals surface area contributed by atoms with Crippen molar-refractivity contribution in [3.8, 4) is 5.75 Å². The van der Waals surface area contributed by atoms with Crippen molar-refractivity contribution in [3.05, 3.63) is 29.8 Å². The lowest BCUT2D eigenvalue weighted by molar-refractivity contribution is 0.0487. The van der Waals surface area contributed by atoms with Gasteiger partial charge in [0.15, 0.2) is 5.96 Å². The summed E-state index contributed by atoms with van der Waals surface area (Å²) in [7, 11) is 0. The third-order valence-corrected chi connectivity index (χ3v) is 3.53. The molecule has 1 aromatic carbocycles. The Morgan fingerprint density at radius 3 is 2.48 bits per heavy atom. The second kappa shape index (κ2) is 18.3. The van der Waals surface area contributed by atoms with Crippen molar-refractivity contribution < 1.29 is 14.2 Å². The number of nitrogens with one attached hydrogen (secondary N) is 2. The van der Waals surface area contributed by atoms with Crippen LogP contribution in [0.3, 0.4) is 0 Å². The number of hydrogen-bond acceptors (Lipinski definition) is 4. The Bertz CT molecular complexity index is 501. The fourth-order valence-corrected chi connectivity index (χ4v) is 2.22. The number of halogens is 1. The molecule has 156 valence electrons. The van der Waals surface area contributed by atoms with Crippen LogP contribution in [0, 0.1) is 0 Å². The van der Waals surface area contributed by atoms with Crippen molar-refractivity contribution in [1.29, 1.82) is 0 Å². The van der Waals surface area contributed by atoms with Crippen molar-refractivity contribution in [2.75, 3.05) is 46.1 Å². The van der Waals surface area contributed by atoms with E-state index in [4.69, 9.17) is 14.2 Å². The normalized spacial score (nSPS) is 11.0. The molecule has 0 bridgehead atoms. The van der Waals surface area contributed by atoms with Gasteiger partial charge in [-0.25, -0.2) is 4.99 Å². The van der Waals surface area contributed by atoms with Crippen LogP contribution in [-0.2, 0) is 16.0 Å². The van der Waals surface area contributed by atoms with Crippen molar-refractivity contribution in [1.82, 2.24) is 10.6 Å². The molecule has 2 N–H and O–H groups in total. The largest absolute Gasteiger partial charge is 0.494 e. The highest BCUT2D eigenvalue weighted by atomic mass is 127. The van der Waals surface area contributed by atoms with Crippen molar-refractivity contribution in [3.63, 3.8) is 0 Å². The second-order valence-corrected chi connectivity index (χ2v) is 5.78. The summed E-state index contributed by atoms with van der Waals surface area (Å²) in [6.45, 7) is 11.7. The maximum absolute atomic E-state index is 5.56. The summed E-state index contributed by atoms with van der Waals surface area (Å²) in [6.07, 6.45) is 2.27. The second-order valence-electron chi connectivity index (χ2n) is 5.78. The number of nitrogens with zero attached hydrogens (tertiary/aromatic N) is 1. The van der Waals surface area contributed by atoms with Crippen molar-refractivity contribution in [2.45, 2.75) is 40.2 Å². The predicted molar refractivity (Wildman–Crippen MR) is 122 cm³/mol. The molecule has 1 rings (SSSR count). The van der Waals surface area contributed by atoms with Crippen LogP contribution in [0.1, 0.15) is 39.2 Å². The summed E-state index contributed by atoms with van der Waals surface area (Å²) < 4.78 is 16.6. The number of guanidine groups is 1. The van der Waals surface area contributed by atoms with Crippen molar-refractivity contribution in [2.24, 2.45) is 4.99 Å². The zero-order chi connectivity index (χ0) is 18.9. The van der Waals surface area contributed by atoms with E-state index in [9.17, 15) is 0 Å². The standard InChI is InChI=1S/C20H35N3O3.HI/c1-4-7-12-24-14-15-25-13-11-22-20(21-5-2)23-17-18-9-8-10-19(16-18)26-6-3;/h8-10,16H,4-7,11-15,17H2,1-3H3,(H2,21,22,23);1H. The summed E-state index contributed by atoms with van der Waals surface area (Å²) in [6, 6.07) is 8.03. The number of ether oxygens (including phenoxy) is 3. The molecule has 1 aromatic rings. The lowest BCUT2D eigenvalue weighted by Crippen LogP contribution is -2.39. The van der Waals surface area contributed by atoms with Gasteiger partial charge in [0.1, 0.15) is 5.75 Å². The van der Waals surface area contributed by atoms with E-state index in [0.29, 0.717) is 39.5 Å². The summed E-state index contributed by atoms with van der Waals surface area (Å²) in [4.78, 5) is 4.61. The number of benzene rings is 1. The van der Waals surface area contributed by atoms with Gasteiger partial charge < -0.3 is 24.8 Å². The van der Waals surface area contributed by atoms with E-state index in [-0.39, 0.29) is 24.0 Å². The third kappa shape index (κ3) is 13.7. The summed E-state index contributed by atoms with van der Waals surface area (Å²) in [5.74, 6) is 1.67. The van der Waals surface area contributed by atoms with Crippen LogP contribution in [0.5, 0.6) is 5.75 Å². The van der Waals surface area contributed by atoms with Crippen LogP contribution in [0.4, 0.5) is 0 Å². The minimum absolute atomic E-state index is 0. The molecule has 0 heterocycles. The lowest BCUT2D eigenvalue weighted by atomic mass is 10.2. The highest BCUT2D eigenvalue weighted by Gasteiger charge is 1.99. The van der Waals surface area contributed by atoms with Gasteiger partial charge in [0.05, 0.1) is 33.0 Å². The molecule has 0 amide bonds. The molecule has 0 aromatic heterocycles. The van der Waals surface area contributed by atoms with Crippen LogP contribution in [0.2, 0.25) is 0 Å². The SMILES string of the molecule is CCCCOCCOCCNC(=NCc1cccc(OCC)c1)NCC.I. The third-order valence-electron chi connectivity index (χ3n) is 3.53. The van der Waals surface area contributed by atoms with Gasteiger partial charge in [-0.1, -0.05) is 25.5 Å². The predicted octanol–water partition coefficient (Wildman–Crippen LogP) is 3.59. The quantitative estimate of drug-likeness (QED) is 0.180. The molecule has 0 radical (unpaired) electrons. The van der Waals surface area contributed by atoms with Gasteiger partial charge in [-0.3, -0.25) is 0 Å². The Hall–Kier alpha value is -1.06. The van der Waals surface area contributed by atoms with E-state index in [1.807, 2.05) is 25.1 Å². The first-order valence-electron chi connectivity index (χ1n) is 9.69. The smallest absolute Gasteiger partial charge is 0.191 e. The molecule has 0 atom stereocenters. The summed E-state index contributed by atoms with van der Waals surface area (Å²) in [5.41, 5.74) is 1.12. The zero-order valence-corrected chi connectivity index (χ0v) is 19.3. The first-order chi connectivity index (χ1) is 12.8. The monoisotopic (exact) mass is 493 g/mol. The Kier molecular flexibility index (Phi) is 17.6. The van der Waals surface area contributed by atoms with E-state index in [0.717, 1.165) is 43.3 Å². The average molecular weight is 493 g/mol. The molecular formula is C20H36IN3O3. The highest BCUT2D eigenvalue weighted by molar-refractivity contribution is 14.0. The van der Waals surface area contributed by atoms with Gasteiger partial charge in [0.25, 0.3) is 0 Å². The first-order valence-corrected chi connectivity index (χ1v) is 9.69. The van der Waals surface area contributed by atoms with Gasteiger partial charge in [-0.05, 0) is 38.0 Å². The minimum atomic E-state index is 0. The van der Waals surface area contributed by atoms with Crippen LogP contribution >= 0.6 is 24.0 Å². The topological polar surface area (TPSA) is 64.1 Å². The molecule has 0 spiro atoms. The van der Waals surface area contributed by atoms with Gasteiger partial charge in [-0.2, -0.15) is 0 Å². The van der Waals surface area contributed by atoms with Crippen LogP contribution in [0.25, 0.3) is 0 Å². The van der Waals surface area contributed by atoms with E-state index in [1.165, 1.54) is 0 Å². The van der Waals surface area contributed by atoms with Crippen LogP contribution in [-0.4, -0.2) is 52.1 Å². The number of aliphatic imine (C=N–C) groups is 1. The van der Waals surface area contributed by atoms with Crippen LogP contribution < -0.4 is 15.4 Å². The van der Waals surface area contributed by atoms with Crippen molar-refractivity contribution >= 4 is 29.9 Å². The van der Waals surface area contributed by atoms with E-state index in [2.05, 4.69) is 35.5 Å². The molecule has 0 unspecified atom stereocenters. The molecule has 7 heteroatoms. The molecule has 0 saturated carbocycles. The van der Waals surface area contributed by atoms with E-state index in [1.54, 1.807) is 0 Å². The Labute approximate surface area is 181 Å². The summed E-state index contributed by atoms with van der Waals surface area (Å²) >= 11 is 0. The molecule has 0 saturated heterocycles. The lowest BCUT2D eigenvalue weighted by Gasteiger charge is -2.12. The fourth-order valence-electron chi connectivity index (χ4n) is 2.22. The molecule has 6 nitrogen and oxygen atoms in total. The highest BCUT2D eigenvalue weighted by Crippen LogP contribution is 2.13. The Morgan fingerprint density at radius 1 is 1.00 bits per heavy atom. The first kappa shape index (κ1) is 25.9. The zero-order valence-electron chi connectivity index (χ0n) is 17.0. The molecule has 0 aliphatic heterocycles.